The summed E-state index contributed by atoms with van der Waals surface area (Å²) in [5.41, 5.74) is 17.5. The van der Waals surface area contributed by atoms with Crippen LogP contribution < -0.4 is 27.8 Å². The molecule has 2 aromatic rings. The van der Waals surface area contributed by atoms with Gasteiger partial charge in [-0.25, -0.2) is 9.78 Å². The van der Waals surface area contributed by atoms with Gasteiger partial charge in [-0.15, -0.1) is 16.7 Å². The third-order valence-electron chi connectivity index (χ3n) is 6.66. The molecule has 0 radical (unpaired) electrons. The first kappa shape index (κ1) is 34.6. The molecule has 3 amide bonds. The number of nitrogens with one attached hydrogen (secondary N) is 2. The molecule has 0 aliphatic carbocycles. The van der Waals surface area contributed by atoms with Gasteiger partial charge >= 0.3 is 5.97 Å². The van der Waals surface area contributed by atoms with E-state index in [4.69, 9.17) is 17.2 Å². The van der Waals surface area contributed by atoms with Crippen molar-refractivity contribution in [2.24, 2.45) is 16.6 Å². The van der Waals surface area contributed by atoms with Crippen molar-refractivity contribution in [3.8, 4) is 0 Å². The molecule has 20 heteroatoms. The molecule has 0 bridgehead atoms. The molecule has 16 nitrogen and oxygen atoms in total. The Morgan fingerprint density at radius 3 is 2.76 bits per heavy atom. The Labute approximate surface area is 274 Å². The lowest BCUT2D eigenvalue weighted by Crippen LogP contribution is -2.70. The van der Waals surface area contributed by atoms with Crippen LogP contribution in [0.5, 0.6) is 0 Å². The molecule has 1 saturated heterocycles. The highest BCUT2D eigenvalue weighted by molar-refractivity contribution is 8.06. The van der Waals surface area contributed by atoms with Gasteiger partial charge in [0.25, 0.3) is 11.8 Å². The summed E-state index contributed by atoms with van der Waals surface area (Å²) in [6.07, 6.45) is 3.84. The Kier molecular flexibility index (Phi) is 12.5. The van der Waals surface area contributed by atoms with Gasteiger partial charge < -0.3 is 32.9 Å². The van der Waals surface area contributed by atoms with Gasteiger partial charge in [0.05, 0.1) is 11.7 Å². The van der Waals surface area contributed by atoms with Crippen molar-refractivity contribution in [3.05, 3.63) is 45.4 Å². The molecule has 1 unspecified atom stereocenters. The number of rotatable bonds is 17. The maximum Gasteiger partial charge on any atom is 0.353 e. The first-order valence-corrected chi connectivity index (χ1v) is 17.5. The lowest BCUT2D eigenvalue weighted by atomic mass is 10.0. The molecular weight excluding hydrogens is 665 g/mol. The fourth-order valence-electron chi connectivity index (χ4n) is 4.42. The van der Waals surface area contributed by atoms with E-state index in [-0.39, 0.29) is 28.3 Å². The highest BCUT2D eigenvalue weighted by Crippen LogP contribution is 2.46. The molecular formula is C25H32N10O6S4. The minimum absolute atomic E-state index is 0.0517. The second kappa shape index (κ2) is 16.3. The van der Waals surface area contributed by atoms with E-state index < -0.39 is 41.3 Å². The lowest BCUT2D eigenvalue weighted by molar-refractivity contribution is -0.150. The van der Waals surface area contributed by atoms with Crippen LogP contribution >= 0.6 is 46.8 Å². The number of carboxylic acid groups (broad SMARTS) is 1. The number of pyridine rings is 1. The van der Waals surface area contributed by atoms with E-state index >= 15 is 0 Å². The molecule has 0 saturated carbocycles. The van der Waals surface area contributed by atoms with E-state index in [2.05, 4.69) is 30.2 Å². The molecule has 242 valence electrons. The molecule has 4 heterocycles. The predicted octanol–water partition coefficient (Wildman–Crippen LogP) is 0.617. The van der Waals surface area contributed by atoms with Crippen molar-refractivity contribution < 1.29 is 24.3 Å². The van der Waals surface area contributed by atoms with Crippen molar-refractivity contribution in [1.82, 2.24) is 29.9 Å². The lowest BCUT2D eigenvalue weighted by Gasteiger charge is -2.49. The van der Waals surface area contributed by atoms with Gasteiger partial charge in [-0.05, 0) is 36.7 Å². The van der Waals surface area contributed by atoms with Crippen LogP contribution in [0.1, 0.15) is 36.8 Å². The zero-order chi connectivity index (χ0) is 32.5. The van der Waals surface area contributed by atoms with E-state index in [1.54, 1.807) is 24.0 Å². The zero-order valence-corrected chi connectivity index (χ0v) is 27.1. The Hall–Kier alpha value is -3.30. The third kappa shape index (κ3) is 8.50. The Bertz CT molecular complexity index is 1460. The summed E-state index contributed by atoms with van der Waals surface area (Å²) in [6.45, 7) is 0.998. The number of aliphatic carboxylic acids is 1. The number of anilines is 1. The number of aromatic nitrogens is 3. The average molecular weight is 697 g/mol. The summed E-state index contributed by atoms with van der Waals surface area (Å²) < 4.78 is 3.84. The highest BCUT2D eigenvalue weighted by atomic mass is 32.2. The van der Waals surface area contributed by atoms with E-state index in [9.17, 15) is 29.2 Å². The average Bonchev–Trinajstić information content (AvgIpc) is 3.45. The van der Waals surface area contributed by atoms with Crippen LogP contribution in [0.25, 0.3) is 0 Å². The zero-order valence-electron chi connectivity index (χ0n) is 23.8. The molecule has 2 aromatic heterocycles. The largest absolute Gasteiger partial charge is 0.477 e. The van der Waals surface area contributed by atoms with Crippen LogP contribution in [0, 0.1) is 4.91 Å². The van der Waals surface area contributed by atoms with E-state index in [0.29, 0.717) is 35.9 Å². The van der Waals surface area contributed by atoms with Crippen LogP contribution in [0.4, 0.5) is 5.13 Å². The normalized spacial score (nSPS) is 18.9. The van der Waals surface area contributed by atoms with Gasteiger partial charge in [0.1, 0.15) is 17.1 Å². The van der Waals surface area contributed by atoms with E-state index in [1.165, 1.54) is 23.5 Å². The smallest absolute Gasteiger partial charge is 0.353 e. The Balaban J connectivity index is 1.35. The fourth-order valence-corrected chi connectivity index (χ4v) is 8.35. The summed E-state index contributed by atoms with van der Waals surface area (Å²) in [6, 6.07) is 0.337. The molecule has 2 aliphatic heterocycles. The summed E-state index contributed by atoms with van der Waals surface area (Å²) in [5.74, 6) is -1.80. The maximum absolute atomic E-state index is 13.1. The number of carboxylic acids is 1. The minimum Gasteiger partial charge on any atom is -0.477 e. The fraction of sp³-hybridized carbons (Fsp3) is 0.480. The summed E-state index contributed by atoms with van der Waals surface area (Å²) in [7, 11) is 0. The first-order valence-electron chi connectivity index (χ1n) is 13.7. The van der Waals surface area contributed by atoms with Crippen LogP contribution in [-0.4, -0.2) is 90.1 Å². The molecule has 0 spiro atoms. The first-order chi connectivity index (χ1) is 21.7. The standard InChI is InChI=1S/C25H32N10O6S4/c26-6-2-1-4-12(27)20(36)30-8-9-42-10-13-14(5-3-7-29-13)44-15-11-43-23-17(22(38)35(23)18(15)24(39)40)31-21(37)16(33-41)19-32-25(28)45-34-19/h3,5,7,12,16-17,23H,1-2,4,6,8-11,26-27H2,(H,30,36)(H,31,37)(H,39,40)(H2,28,32,34)/t12-,16?,17+,23-/m0/s1. The number of β-lactam (4-membered cyclic amide) rings is 1. The van der Waals surface area contributed by atoms with Gasteiger partial charge in [-0.3, -0.25) is 24.3 Å². The quantitative estimate of drug-likeness (QED) is 0.0752. The number of nitrogens with zero attached hydrogens (tertiary/aromatic N) is 5. The monoisotopic (exact) mass is 696 g/mol. The molecule has 9 N–H and O–H groups in total. The summed E-state index contributed by atoms with van der Waals surface area (Å²) in [4.78, 5) is 72.3. The van der Waals surface area contributed by atoms with Crippen molar-refractivity contribution in [2.75, 3.05) is 30.3 Å². The van der Waals surface area contributed by atoms with Gasteiger partial charge in [0.2, 0.25) is 11.9 Å². The van der Waals surface area contributed by atoms with Crippen molar-refractivity contribution in [2.45, 2.75) is 53.4 Å². The molecule has 1 fully saturated rings. The number of carbonyl (C=O) groups is 4. The predicted molar refractivity (Wildman–Crippen MR) is 173 cm³/mol. The van der Waals surface area contributed by atoms with Crippen LogP contribution in [0.3, 0.4) is 0 Å². The van der Waals surface area contributed by atoms with Gasteiger partial charge in [0.15, 0.2) is 11.0 Å². The molecule has 4 atom stereocenters. The topological polar surface area (TPSA) is 262 Å². The van der Waals surface area contributed by atoms with E-state index in [1.807, 2.05) is 6.07 Å². The number of nitroso groups, excluding NO2 is 1. The highest BCUT2D eigenvalue weighted by Gasteiger charge is 2.55. The number of hydrogen-bond acceptors (Lipinski definition) is 16. The molecule has 45 heavy (non-hydrogen) atoms. The number of thioether (sulfide) groups is 3. The molecule has 2 aliphatic rings. The second-order valence-corrected chi connectivity index (χ2v) is 13.9. The van der Waals surface area contributed by atoms with Crippen molar-refractivity contribution in [3.63, 3.8) is 0 Å². The second-order valence-electron chi connectivity index (χ2n) is 9.76. The van der Waals surface area contributed by atoms with Gasteiger partial charge in [-0.2, -0.15) is 16.1 Å². The summed E-state index contributed by atoms with van der Waals surface area (Å²) in [5, 5.41) is 17.5. The molecule has 0 aromatic carbocycles. The van der Waals surface area contributed by atoms with Crippen LogP contribution in [0.2, 0.25) is 0 Å². The van der Waals surface area contributed by atoms with Crippen LogP contribution in [0.15, 0.2) is 39.0 Å². The Morgan fingerprint density at radius 2 is 2.07 bits per heavy atom. The number of fused-ring (bicyclic) bond motifs is 1. The maximum atomic E-state index is 13.1. The third-order valence-corrected chi connectivity index (χ3v) is 10.8. The SMILES string of the molecule is NCCCC[C@H](N)C(=O)NCCSCc1ncccc1SC1=C(C(=O)O)N2C(=O)[C@@H](NC(=O)C(N=O)c3nsc(N)n3)[C@@H]2SC1. The van der Waals surface area contributed by atoms with Crippen molar-refractivity contribution in [1.29, 1.82) is 0 Å². The number of nitrogens with two attached hydrogens (primary N) is 3. The number of nitrogen functional groups attached to an aromatic ring is 1. The molecule has 4 rings (SSSR count). The van der Waals surface area contributed by atoms with Crippen LogP contribution in [-0.2, 0) is 24.9 Å². The van der Waals surface area contributed by atoms with Gasteiger partial charge in [-0.1, -0.05) is 18.2 Å². The van der Waals surface area contributed by atoms with Gasteiger partial charge in [0, 0.05) is 51.3 Å². The number of hydrogen-bond donors (Lipinski definition) is 6. The number of carbonyl (C=O) groups excluding carboxylic acids is 3. The number of unbranched alkanes of at least 4 members (excludes halogenated alkanes) is 1. The van der Waals surface area contributed by atoms with Crippen molar-refractivity contribution >= 4 is 75.6 Å². The number of amides is 3. The minimum atomic E-state index is -1.60. The summed E-state index contributed by atoms with van der Waals surface area (Å²) >= 11 is 4.85. The Morgan fingerprint density at radius 1 is 1.27 bits per heavy atom. The van der Waals surface area contributed by atoms with E-state index in [0.717, 1.165) is 39.9 Å².